The summed E-state index contributed by atoms with van der Waals surface area (Å²) >= 11 is 0. The number of likely N-dealkylation sites (tertiary alicyclic amines) is 1. The number of amides is 1. The van der Waals surface area contributed by atoms with E-state index < -0.39 is 34.3 Å². The van der Waals surface area contributed by atoms with Crippen LogP contribution in [-0.2, 0) is 11.4 Å². The highest BCUT2D eigenvalue weighted by Gasteiger charge is 2.65. The molecule has 10 nitrogen and oxygen atoms in total. The maximum atomic E-state index is 15.8. The van der Waals surface area contributed by atoms with Gasteiger partial charge < -0.3 is 33.4 Å². The zero-order chi connectivity index (χ0) is 29.5. The molecule has 4 rings (SSSR count). The van der Waals surface area contributed by atoms with Gasteiger partial charge in [0.05, 0.1) is 21.3 Å². The van der Waals surface area contributed by atoms with Gasteiger partial charge in [-0.3, -0.25) is 4.79 Å². The topological polar surface area (TPSA) is 116 Å². The van der Waals surface area contributed by atoms with Crippen LogP contribution in [0, 0.1) is 10.8 Å². The van der Waals surface area contributed by atoms with Crippen LogP contribution in [0.5, 0.6) is 23.0 Å². The summed E-state index contributed by atoms with van der Waals surface area (Å²) in [6.45, 7) is 7.36. The van der Waals surface area contributed by atoms with Gasteiger partial charge in [0.1, 0.15) is 17.4 Å². The van der Waals surface area contributed by atoms with Crippen molar-refractivity contribution in [3.63, 3.8) is 0 Å². The molecule has 0 bridgehead atoms. The smallest absolute Gasteiger partial charge is 0.352 e. The van der Waals surface area contributed by atoms with Crippen LogP contribution in [0.2, 0.25) is 0 Å². The number of rotatable bonds is 9. The number of aliphatic hydroxyl groups is 1. The van der Waals surface area contributed by atoms with Gasteiger partial charge in [-0.25, -0.2) is 0 Å². The molecule has 0 unspecified atom stereocenters. The zero-order valence-electron chi connectivity index (χ0n) is 24.2. The van der Waals surface area contributed by atoms with Crippen LogP contribution in [0.4, 0.5) is 8.78 Å². The van der Waals surface area contributed by atoms with Gasteiger partial charge in [-0.05, 0) is 42.9 Å². The first-order valence-electron chi connectivity index (χ1n) is 13.3. The Hall–Kier alpha value is -3.15. The molecule has 1 aliphatic carbocycles. The van der Waals surface area contributed by atoms with E-state index in [0.717, 1.165) is 4.90 Å². The Balaban J connectivity index is 1.49. The minimum Gasteiger partial charge on any atom is -0.493 e. The molecule has 1 aliphatic heterocycles. The number of alkyl halides is 2. The third kappa shape index (κ3) is 5.68. The summed E-state index contributed by atoms with van der Waals surface area (Å²) in [5.41, 5.74) is -3.56. The summed E-state index contributed by atoms with van der Waals surface area (Å²) in [7, 11) is 4.46. The predicted octanol–water partition coefficient (Wildman–Crippen LogP) is 4.94. The molecule has 1 aromatic heterocycles. The minimum absolute atomic E-state index is 0.0430. The molecule has 1 saturated carbocycles. The molecule has 2 aliphatic rings. The standard InChI is InChI=1S/C28H39F2N3O7/c1-25(2)14-26(3,4)16-27(35,15-25)28(29,30)24(34)33-10-8-9-18(33)23-32-31-21(40-23)13-39-17-11-19(36-5)22(38-7)20(12-17)37-6/h11-12,18,35H,8-10,13-16H2,1-7H3/t18-/m0/s1. The van der Waals surface area contributed by atoms with Crippen molar-refractivity contribution >= 4 is 5.91 Å². The minimum atomic E-state index is -3.98. The molecule has 1 amide bonds. The number of ether oxygens (including phenoxy) is 4. The van der Waals surface area contributed by atoms with Crippen LogP contribution in [0.3, 0.4) is 0 Å². The lowest BCUT2D eigenvalue weighted by Gasteiger charge is -2.51. The van der Waals surface area contributed by atoms with Crippen molar-refractivity contribution in [1.29, 1.82) is 0 Å². The Morgan fingerprint density at radius 1 is 1.05 bits per heavy atom. The fourth-order valence-corrected chi connectivity index (χ4v) is 6.68. The fourth-order valence-electron chi connectivity index (χ4n) is 6.68. The summed E-state index contributed by atoms with van der Waals surface area (Å²) in [6, 6.07) is 2.39. The molecule has 1 atom stereocenters. The Labute approximate surface area is 232 Å². The first-order valence-corrected chi connectivity index (χ1v) is 13.3. The molecule has 12 heteroatoms. The van der Waals surface area contributed by atoms with Gasteiger partial charge in [0.15, 0.2) is 18.1 Å². The highest BCUT2D eigenvalue weighted by atomic mass is 19.3. The van der Waals surface area contributed by atoms with Gasteiger partial charge in [-0.1, -0.05) is 27.7 Å². The van der Waals surface area contributed by atoms with E-state index in [1.807, 2.05) is 27.7 Å². The Kier molecular flexibility index (Phi) is 7.96. The number of aromatic nitrogens is 2. The summed E-state index contributed by atoms with van der Waals surface area (Å²) in [4.78, 5) is 14.4. The molecule has 2 fully saturated rings. The molecule has 222 valence electrons. The van der Waals surface area contributed by atoms with E-state index >= 15 is 8.78 Å². The summed E-state index contributed by atoms with van der Waals surface area (Å²) in [5.74, 6) is -3.66. The second-order valence-corrected chi connectivity index (χ2v) is 12.3. The number of benzene rings is 1. The summed E-state index contributed by atoms with van der Waals surface area (Å²) < 4.78 is 59.2. The van der Waals surface area contributed by atoms with Gasteiger partial charge in [0.25, 0.3) is 11.8 Å². The average Bonchev–Trinajstić information content (AvgIpc) is 3.53. The van der Waals surface area contributed by atoms with Crippen LogP contribution >= 0.6 is 0 Å². The number of hydrogen-bond acceptors (Lipinski definition) is 9. The van der Waals surface area contributed by atoms with E-state index in [2.05, 4.69) is 10.2 Å². The van der Waals surface area contributed by atoms with Crippen LogP contribution in [0.1, 0.15) is 77.6 Å². The van der Waals surface area contributed by atoms with Crippen molar-refractivity contribution in [2.45, 2.75) is 84.0 Å². The van der Waals surface area contributed by atoms with Crippen LogP contribution in [0.25, 0.3) is 0 Å². The van der Waals surface area contributed by atoms with Crippen molar-refractivity contribution in [2.24, 2.45) is 10.8 Å². The quantitative estimate of drug-likeness (QED) is 0.450. The van der Waals surface area contributed by atoms with Crippen molar-refractivity contribution in [3.8, 4) is 23.0 Å². The molecular weight excluding hydrogens is 528 g/mol. The highest BCUT2D eigenvalue weighted by Crippen LogP contribution is 2.55. The molecule has 1 N–H and O–H groups in total. The van der Waals surface area contributed by atoms with Crippen LogP contribution in [-0.4, -0.2) is 65.5 Å². The predicted molar refractivity (Wildman–Crippen MR) is 140 cm³/mol. The number of hydrogen-bond donors (Lipinski definition) is 1. The fraction of sp³-hybridized carbons (Fsp3) is 0.679. The largest absolute Gasteiger partial charge is 0.493 e. The maximum absolute atomic E-state index is 15.8. The molecular formula is C28H39F2N3O7. The first kappa shape index (κ1) is 29.8. The van der Waals surface area contributed by atoms with Gasteiger partial charge in [0, 0.05) is 18.7 Å². The second-order valence-electron chi connectivity index (χ2n) is 12.3. The molecule has 40 heavy (non-hydrogen) atoms. The SMILES string of the molecule is COc1cc(OCc2nnc([C@@H]3CCCN3C(=O)C(F)(F)C3(O)CC(C)(C)CC(C)(C)C3)o2)cc(OC)c1OC. The summed E-state index contributed by atoms with van der Waals surface area (Å²) in [6.07, 6.45) is 1.18. The number of carbonyl (C=O) groups excluding carboxylic acids is 1. The monoisotopic (exact) mass is 567 g/mol. The number of carbonyl (C=O) groups is 1. The van der Waals surface area contributed by atoms with Crippen molar-refractivity contribution in [1.82, 2.24) is 15.1 Å². The lowest BCUT2D eigenvalue weighted by Crippen LogP contribution is -2.62. The average molecular weight is 568 g/mol. The van der Waals surface area contributed by atoms with Crippen molar-refractivity contribution in [2.75, 3.05) is 27.9 Å². The molecule has 0 radical (unpaired) electrons. The van der Waals surface area contributed by atoms with E-state index in [-0.39, 0.29) is 37.8 Å². The Morgan fingerprint density at radius 2 is 1.65 bits per heavy atom. The van der Waals surface area contributed by atoms with Crippen molar-refractivity contribution in [3.05, 3.63) is 23.9 Å². The van der Waals surface area contributed by atoms with E-state index in [1.54, 1.807) is 12.1 Å². The Morgan fingerprint density at radius 3 is 2.20 bits per heavy atom. The second kappa shape index (κ2) is 10.7. The third-order valence-electron chi connectivity index (χ3n) is 7.63. The van der Waals surface area contributed by atoms with Crippen LogP contribution < -0.4 is 18.9 Å². The van der Waals surface area contributed by atoms with E-state index in [0.29, 0.717) is 42.3 Å². The molecule has 0 spiro atoms. The lowest BCUT2D eigenvalue weighted by atomic mass is 9.58. The van der Waals surface area contributed by atoms with E-state index in [4.69, 9.17) is 23.4 Å². The van der Waals surface area contributed by atoms with E-state index in [9.17, 15) is 9.90 Å². The lowest BCUT2D eigenvalue weighted by molar-refractivity contribution is -0.231. The van der Waals surface area contributed by atoms with Gasteiger partial charge in [0.2, 0.25) is 11.6 Å². The summed E-state index contributed by atoms with van der Waals surface area (Å²) in [5, 5.41) is 19.3. The molecule has 2 aromatic rings. The first-order chi connectivity index (χ1) is 18.6. The molecule has 1 saturated heterocycles. The third-order valence-corrected chi connectivity index (χ3v) is 7.63. The molecule has 2 heterocycles. The van der Waals surface area contributed by atoms with Gasteiger partial charge in [-0.15, -0.1) is 10.2 Å². The molecule has 1 aromatic carbocycles. The van der Waals surface area contributed by atoms with Gasteiger partial charge >= 0.3 is 5.92 Å². The normalized spacial score (nSPS) is 21.6. The van der Waals surface area contributed by atoms with Crippen LogP contribution in [0.15, 0.2) is 16.5 Å². The van der Waals surface area contributed by atoms with Crippen molar-refractivity contribution < 1.29 is 42.0 Å². The Bertz CT molecular complexity index is 1190. The number of methoxy groups -OCH3 is 3. The maximum Gasteiger partial charge on any atom is 0.352 e. The number of halogens is 2. The zero-order valence-corrected chi connectivity index (χ0v) is 24.2. The van der Waals surface area contributed by atoms with Gasteiger partial charge in [-0.2, -0.15) is 8.78 Å². The highest BCUT2D eigenvalue weighted by molar-refractivity contribution is 5.85. The number of nitrogens with zero attached hydrogens (tertiary/aromatic N) is 3. The van der Waals surface area contributed by atoms with E-state index in [1.165, 1.54) is 21.3 Å².